The Bertz CT molecular complexity index is 1050. The summed E-state index contributed by atoms with van der Waals surface area (Å²) in [5.74, 6) is -3.83. The van der Waals surface area contributed by atoms with Gasteiger partial charge in [-0.2, -0.15) is 0 Å². The summed E-state index contributed by atoms with van der Waals surface area (Å²) in [5.41, 5.74) is 0. The van der Waals surface area contributed by atoms with E-state index in [9.17, 15) is 39.3 Å². The number of carbonyl (C=O) groups excluding carboxylic acids is 2. The minimum absolute atomic E-state index is 0. The molecule has 0 saturated heterocycles. The molecule has 0 saturated carbocycles. The van der Waals surface area contributed by atoms with Crippen LogP contribution in [-0.4, -0.2) is 137 Å². The molecular formula is C50H99DyN5O9+3. The third kappa shape index (κ3) is 51.7. The third-order valence-corrected chi connectivity index (χ3v) is 12.0. The van der Waals surface area contributed by atoms with E-state index in [0.29, 0.717) is 13.1 Å². The second kappa shape index (κ2) is 51.8. The summed E-state index contributed by atoms with van der Waals surface area (Å²) in [6.07, 6.45) is 40.7. The van der Waals surface area contributed by atoms with Crippen LogP contribution in [0.25, 0.3) is 0 Å². The van der Waals surface area contributed by atoms with Gasteiger partial charge in [-0.15, -0.1) is 0 Å². The Kier molecular flexibility index (Phi) is 54.0. The molecule has 15 heteroatoms. The van der Waals surface area contributed by atoms with Crippen LogP contribution in [0.4, 0.5) is 0 Å². The molecule has 385 valence electrons. The first-order valence-electron chi connectivity index (χ1n) is 25.9. The molecule has 0 bridgehead atoms. The van der Waals surface area contributed by atoms with Crippen LogP contribution in [0.2, 0.25) is 0 Å². The summed E-state index contributed by atoms with van der Waals surface area (Å²) in [7, 11) is 0. The van der Waals surface area contributed by atoms with Gasteiger partial charge < -0.3 is 31.4 Å². The standard InChI is InChI=1S/C50H97N5O8.Dy.H2O/c1-3-5-7-9-11-13-15-17-19-21-23-25-27-29-31-33-35-51-46(56)41-54(44-49(60)61)39-37-53(43-48(58)59)38-40-55(45-50(62)63)42-47(57)52-36-34-32-30-28-26-24-22-20-18-16-14-12-10-8-6-4-2;;/h3-45H2,1-2H3,(H,51,56)(H,52,57)(H,58,59)(H,60,61)(H,62,63);;1H2/q;+3;. The number of nitrogens with zero attached hydrogens (tertiary/aromatic N) is 3. The van der Waals surface area contributed by atoms with Gasteiger partial charge in [0.05, 0.1) is 32.7 Å². The second-order valence-corrected chi connectivity index (χ2v) is 18.2. The average molecular weight is 1080 g/mol. The molecule has 0 aliphatic rings. The van der Waals surface area contributed by atoms with Crippen LogP contribution in [0.3, 0.4) is 0 Å². The fraction of sp³-hybridized carbons (Fsp3) is 0.900. The summed E-state index contributed by atoms with van der Waals surface area (Å²) in [6, 6.07) is 0. The van der Waals surface area contributed by atoms with Crippen molar-refractivity contribution in [2.45, 2.75) is 219 Å². The molecule has 2 amide bonds. The molecule has 0 aromatic carbocycles. The number of rotatable bonds is 50. The number of aliphatic carboxylic acids is 3. The number of carboxylic acid groups (broad SMARTS) is 3. The zero-order valence-electron chi connectivity index (χ0n) is 41.4. The van der Waals surface area contributed by atoms with Crippen molar-refractivity contribution >= 4 is 29.7 Å². The third-order valence-electron chi connectivity index (χ3n) is 12.0. The number of unbranched alkanes of at least 4 members (excludes halogenated alkanes) is 30. The fourth-order valence-electron chi connectivity index (χ4n) is 8.16. The zero-order chi connectivity index (χ0) is 46.4. The first kappa shape index (κ1) is 67.7. The number of carboxylic acids is 3. The molecule has 0 aliphatic heterocycles. The van der Waals surface area contributed by atoms with Crippen molar-refractivity contribution < 1.29 is 82.9 Å². The minimum atomic E-state index is -1.09. The quantitative estimate of drug-likeness (QED) is 0.0363. The van der Waals surface area contributed by atoms with Crippen LogP contribution in [0.15, 0.2) is 0 Å². The summed E-state index contributed by atoms with van der Waals surface area (Å²) in [6.45, 7) is 4.76. The molecule has 0 aliphatic carbocycles. The van der Waals surface area contributed by atoms with Gasteiger partial charge in [-0.3, -0.25) is 38.7 Å². The molecule has 0 atom stereocenters. The van der Waals surface area contributed by atoms with Gasteiger partial charge in [-0.05, 0) is 12.8 Å². The SMILES string of the molecule is CCCCCCCCCCCCCCCCCCNC(=O)CN(CCN(CCN(CC(=O)O)CC(=O)NCCCCCCCCCCCCCCCCCC)CC(=O)O)CC(=O)O.O.[Dy+3]. The predicted molar refractivity (Wildman–Crippen MR) is 261 cm³/mol. The van der Waals surface area contributed by atoms with E-state index in [-0.39, 0.29) is 114 Å². The molecule has 7 N–H and O–H groups in total. The topological polar surface area (TPSA) is 211 Å². The van der Waals surface area contributed by atoms with Crippen molar-refractivity contribution in [2.24, 2.45) is 0 Å². The molecule has 0 fully saturated rings. The van der Waals surface area contributed by atoms with E-state index in [1.54, 1.807) is 4.90 Å². The van der Waals surface area contributed by atoms with Crippen LogP contribution in [0.5, 0.6) is 0 Å². The smallest absolute Gasteiger partial charge is 0.480 e. The Morgan fingerprint density at radius 2 is 0.523 bits per heavy atom. The molecule has 0 rings (SSSR count). The number of nitrogens with one attached hydrogen (secondary N) is 2. The maximum absolute atomic E-state index is 12.7. The maximum Gasteiger partial charge on any atom is 3.00 e. The Labute approximate surface area is 426 Å². The van der Waals surface area contributed by atoms with Gasteiger partial charge in [-0.25, -0.2) is 0 Å². The zero-order valence-corrected chi connectivity index (χ0v) is 43.5. The van der Waals surface area contributed by atoms with E-state index < -0.39 is 17.9 Å². The van der Waals surface area contributed by atoms with Gasteiger partial charge in [-0.1, -0.05) is 206 Å². The molecule has 0 aromatic heterocycles. The molecule has 65 heavy (non-hydrogen) atoms. The Balaban J connectivity index is -0.0000192. The van der Waals surface area contributed by atoms with Crippen molar-refractivity contribution in [3.63, 3.8) is 0 Å². The second-order valence-electron chi connectivity index (χ2n) is 18.2. The predicted octanol–water partition coefficient (Wildman–Crippen LogP) is 9.08. The Morgan fingerprint density at radius 1 is 0.323 bits per heavy atom. The summed E-state index contributed by atoms with van der Waals surface area (Å²) >= 11 is 0. The van der Waals surface area contributed by atoms with Gasteiger partial charge in [0.25, 0.3) is 0 Å². The van der Waals surface area contributed by atoms with Crippen molar-refractivity contribution in [3.8, 4) is 0 Å². The Hall–Kier alpha value is -1.54. The van der Waals surface area contributed by atoms with Gasteiger partial charge >= 0.3 is 56.1 Å². The van der Waals surface area contributed by atoms with E-state index in [0.717, 1.165) is 38.5 Å². The van der Waals surface area contributed by atoms with Crippen LogP contribution in [-0.2, 0) is 24.0 Å². The van der Waals surface area contributed by atoms with Gasteiger partial charge in [0.15, 0.2) is 0 Å². The van der Waals surface area contributed by atoms with E-state index in [2.05, 4.69) is 24.5 Å². The van der Waals surface area contributed by atoms with E-state index in [1.807, 2.05) is 0 Å². The van der Waals surface area contributed by atoms with Crippen molar-refractivity contribution in [1.82, 2.24) is 25.3 Å². The fourth-order valence-corrected chi connectivity index (χ4v) is 8.16. The molecule has 1 radical (unpaired) electrons. The van der Waals surface area contributed by atoms with E-state index in [1.165, 1.54) is 177 Å². The van der Waals surface area contributed by atoms with Crippen LogP contribution >= 0.6 is 0 Å². The molecular weight excluding hydrogens is 977 g/mol. The number of carbonyl (C=O) groups is 5. The van der Waals surface area contributed by atoms with Crippen LogP contribution in [0.1, 0.15) is 219 Å². The first-order chi connectivity index (χ1) is 30.6. The first-order valence-corrected chi connectivity index (χ1v) is 25.9. The van der Waals surface area contributed by atoms with Crippen molar-refractivity contribution in [3.05, 3.63) is 0 Å². The van der Waals surface area contributed by atoms with Crippen LogP contribution in [0, 0.1) is 38.2 Å². The molecule has 0 unspecified atom stereocenters. The normalized spacial score (nSPS) is 11.2. The van der Waals surface area contributed by atoms with Gasteiger partial charge in [0.1, 0.15) is 0 Å². The molecule has 0 aromatic rings. The molecule has 14 nitrogen and oxygen atoms in total. The minimum Gasteiger partial charge on any atom is -0.480 e. The van der Waals surface area contributed by atoms with E-state index >= 15 is 0 Å². The van der Waals surface area contributed by atoms with Crippen molar-refractivity contribution in [1.29, 1.82) is 0 Å². The largest absolute Gasteiger partial charge is 3.00 e. The summed E-state index contributed by atoms with van der Waals surface area (Å²) in [5, 5.41) is 34.3. The van der Waals surface area contributed by atoms with Crippen molar-refractivity contribution in [2.75, 3.05) is 72.0 Å². The number of hydrogen-bond donors (Lipinski definition) is 5. The number of hydrogen-bond acceptors (Lipinski definition) is 8. The van der Waals surface area contributed by atoms with E-state index in [4.69, 9.17) is 0 Å². The average Bonchev–Trinajstić information content (AvgIpc) is 3.23. The summed E-state index contributed by atoms with van der Waals surface area (Å²) < 4.78 is 0. The van der Waals surface area contributed by atoms with Crippen LogP contribution < -0.4 is 10.6 Å². The Morgan fingerprint density at radius 3 is 0.754 bits per heavy atom. The van der Waals surface area contributed by atoms with Gasteiger partial charge in [0.2, 0.25) is 11.8 Å². The monoisotopic (exact) mass is 1080 g/mol. The maximum atomic E-state index is 12.7. The van der Waals surface area contributed by atoms with Gasteiger partial charge in [0, 0.05) is 39.3 Å². The molecule has 0 spiro atoms. The molecule has 0 heterocycles. The summed E-state index contributed by atoms with van der Waals surface area (Å²) in [4.78, 5) is 64.9. The number of amides is 2.